The van der Waals surface area contributed by atoms with Crippen LogP contribution in [0.15, 0.2) is 41.3 Å². The lowest BCUT2D eigenvalue weighted by Gasteiger charge is -2.23. The lowest BCUT2D eigenvalue weighted by Crippen LogP contribution is -2.25. The van der Waals surface area contributed by atoms with E-state index in [0.29, 0.717) is 17.5 Å². The molecule has 9 nitrogen and oxygen atoms in total. The van der Waals surface area contributed by atoms with E-state index in [1.54, 1.807) is 29.8 Å². The molecule has 1 atom stereocenters. The summed E-state index contributed by atoms with van der Waals surface area (Å²) in [7, 11) is 0. The molecule has 5 rings (SSSR count). The molecule has 1 aliphatic rings. The zero-order valence-electron chi connectivity index (χ0n) is 16.6. The molecular formula is C20H20N8OS. The minimum atomic E-state index is 0.0201. The Morgan fingerprint density at radius 3 is 2.80 bits per heavy atom. The number of thiazole rings is 1. The van der Waals surface area contributed by atoms with Crippen LogP contribution in [0.3, 0.4) is 0 Å². The van der Waals surface area contributed by atoms with E-state index >= 15 is 0 Å². The predicted molar refractivity (Wildman–Crippen MR) is 114 cm³/mol. The van der Waals surface area contributed by atoms with E-state index in [-0.39, 0.29) is 6.04 Å². The number of hydrogen-bond donors (Lipinski definition) is 1. The van der Waals surface area contributed by atoms with Gasteiger partial charge in [-0.3, -0.25) is 0 Å². The molecule has 0 radical (unpaired) electrons. The summed E-state index contributed by atoms with van der Waals surface area (Å²) in [6.07, 6.45) is 7.19. The Morgan fingerprint density at radius 2 is 2.00 bits per heavy atom. The molecule has 0 amide bonds. The maximum absolute atomic E-state index is 5.66. The van der Waals surface area contributed by atoms with Crippen LogP contribution in [-0.2, 0) is 0 Å². The van der Waals surface area contributed by atoms with Crippen molar-refractivity contribution in [2.75, 3.05) is 16.8 Å². The second-order valence-corrected chi connectivity index (χ2v) is 8.37. The van der Waals surface area contributed by atoms with Gasteiger partial charge in [0.05, 0.1) is 6.04 Å². The third kappa shape index (κ3) is 3.73. The van der Waals surface area contributed by atoms with Gasteiger partial charge in [-0.2, -0.15) is 4.98 Å². The summed E-state index contributed by atoms with van der Waals surface area (Å²) in [4.78, 5) is 25.6. The molecule has 5 heterocycles. The first-order valence-corrected chi connectivity index (χ1v) is 10.5. The number of anilines is 3. The lowest BCUT2D eigenvalue weighted by atomic mass is 10.1. The van der Waals surface area contributed by atoms with Gasteiger partial charge in [-0.05, 0) is 32.8 Å². The molecule has 10 heteroatoms. The van der Waals surface area contributed by atoms with Crippen molar-refractivity contribution in [3.8, 4) is 11.5 Å². The molecule has 0 unspecified atom stereocenters. The van der Waals surface area contributed by atoms with Crippen molar-refractivity contribution in [3.05, 3.63) is 53.1 Å². The largest absolute Gasteiger partial charge is 0.358 e. The van der Waals surface area contributed by atoms with Crippen molar-refractivity contribution in [3.63, 3.8) is 0 Å². The van der Waals surface area contributed by atoms with Crippen molar-refractivity contribution in [1.82, 2.24) is 30.1 Å². The molecule has 4 aromatic rings. The maximum Gasteiger partial charge on any atom is 0.228 e. The van der Waals surface area contributed by atoms with Gasteiger partial charge in [0, 0.05) is 47.8 Å². The third-order valence-corrected chi connectivity index (χ3v) is 5.69. The third-order valence-electron chi connectivity index (χ3n) is 4.86. The summed E-state index contributed by atoms with van der Waals surface area (Å²) in [5, 5.41) is 8.27. The first-order chi connectivity index (χ1) is 14.7. The zero-order valence-corrected chi connectivity index (χ0v) is 17.4. The average molecular weight is 421 g/mol. The molecule has 1 N–H and O–H groups in total. The molecule has 0 aromatic carbocycles. The van der Waals surface area contributed by atoms with Gasteiger partial charge in [0.15, 0.2) is 22.4 Å². The van der Waals surface area contributed by atoms with Crippen LogP contribution in [0.2, 0.25) is 0 Å². The molecule has 1 aliphatic heterocycles. The lowest BCUT2D eigenvalue weighted by molar-refractivity contribution is 0.362. The van der Waals surface area contributed by atoms with E-state index < -0.39 is 0 Å². The van der Waals surface area contributed by atoms with Gasteiger partial charge < -0.3 is 14.7 Å². The van der Waals surface area contributed by atoms with E-state index in [1.165, 1.54) is 0 Å². The summed E-state index contributed by atoms with van der Waals surface area (Å²) in [5.74, 6) is 2.72. The monoisotopic (exact) mass is 420 g/mol. The topological polar surface area (TPSA) is 106 Å². The number of aryl methyl sites for hydroxylation is 2. The van der Waals surface area contributed by atoms with Crippen LogP contribution in [-0.4, -0.2) is 36.6 Å². The van der Waals surface area contributed by atoms with Gasteiger partial charge in [-0.25, -0.2) is 19.9 Å². The van der Waals surface area contributed by atoms with Crippen LogP contribution >= 0.6 is 11.3 Å². The Hall–Kier alpha value is -3.40. The molecule has 0 saturated carbocycles. The van der Waals surface area contributed by atoms with Crippen molar-refractivity contribution in [1.29, 1.82) is 0 Å². The quantitative estimate of drug-likeness (QED) is 0.511. The molecule has 4 aromatic heterocycles. The minimum Gasteiger partial charge on any atom is -0.358 e. The fourth-order valence-corrected chi connectivity index (χ4v) is 4.22. The van der Waals surface area contributed by atoms with Crippen LogP contribution in [0.4, 0.5) is 16.9 Å². The number of aromatic nitrogens is 6. The molecule has 152 valence electrons. The Balaban J connectivity index is 1.42. The van der Waals surface area contributed by atoms with Crippen molar-refractivity contribution < 1.29 is 4.52 Å². The highest BCUT2D eigenvalue weighted by molar-refractivity contribution is 7.15. The Kier molecular flexibility index (Phi) is 4.83. The summed E-state index contributed by atoms with van der Waals surface area (Å²) in [6.45, 7) is 4.84. The SMILES string of the molecule is Cc1cc(Nc2ncc(C)s2)nc(N2CCC[C@H]2c2cc(-c3ncccn3)no2)n1. The molecule has 0 spiro atoms. The molecule has 0 bridgehead atoms. The highest BCUT2D eigenvalue weighted by atomic mass is 32.1. The van der Waals surface area contributed by atoms with Gasteiger partial charge in [0.25, 0.3) is 0 Å². The number of hydrogen-bond acceptors (Lipinski definition) is 10. The molecule has 0 aliphatic carbocycles. The molecule has 30 heavy (non-hydrogen) atoms. The van der Waals surface area contributed by atoms with Crippen molar-refractivity contribution >= 4 is 28.2 Å². The van der Waals surface area contributed by atoms with Gasteiger partial charge in [0.1, 0.15) is 5.82 Å². The van der Waals surface area contributed by atoms with Gasteiger partial charge >= 0.3 is 0 Å². The van der Waals surface area contributed by atoms with E-state index in [0.717, 1.165) is 46.7 Å². The molecular weight excluding hydrogens is 400 g/mol. The van der Waals surface area contributed by atoms with Crippen molar-refractivity contribution in [2.45, 2.75) is 32.7 Å². The van der Waals surface area contributed by atoms with Crippen LogP contribution in [0, 0.1) is 13.8 Å². The molecule has 1 saturated heterocycles. The first-order valence-electron chi connectivity index (χ1n) is 9.71. The second-order valence-electron chi connectivity index (χ2n) is 7.13. The normalized spacial score (nSPS) is 16.2. The van der Waals surface area contributed by atoms with E-state index in [4.69, 9.17) is 9.51 Å². The molecule has 1 fully saturated rings. The Bertz CT molecular complexity index is 1160. The maximum atomic E-state index is 5.66. The summed E-state index contributed by atoms with van der Waals surface area (Å²) >= 11 is 1.59. The minimum absolute atomic E-state index is 0.0201. The Labute approximate surface area is 177 Å². The predicted octanol–water partition coefficient (Wildman–Crippen LogP) is 4.08. The second kappa shape index (κ2) is 7.79. The number of nitrogens with zero attached hydrogens (tertiary/aromatic N) is 7. The van der Waals surface area contributed by atoms with Gasteiger partial charge in [0.2, 0.25) is 5.95 Å². The highest BCUT2D eigenvalue weighted by Gasteiger charge is 2.32. The average Bonchev–Trinajstić information content (AvgIpc) is 3.48. The van der Waals surface area contributed by atoms with Crippen molar-refractivity contribution in [2.24, 2.45) is 0 Å². The summed E-state index contributed by atoms with van der Waals surface area (Å²) < 4.78 is 5.66. The number of rotatable bonds is 5. The van der Waals surface area contributed by atoms with E-state index in [1.807, 2.05) is 32.2 Å². The van der Waals surface area contributed by atoms with Crippen LogP contribution < -0.4 is 10.2 Å². The van der Waals surface area contributed by atoms with Crippen LogP contribution in [0.25, 0.3) is 11.5 Å². The fraction of sp³-hybridized carbons (Fsp3) is 0.300. The van der Waals surface area contributed by atoms with Gasteiger partial charge in [-0.15, -0.1) is 11.3 Å². The summed E-state index contributed by atoms with van der Waals surface area (Å²) in [6, 6.07) is 5.62. The zero-order chi connectivity index (χ0) is 20.5. The number of nitrogens with one attached hydrogen (secondary N) is 1. The first kappa shape index (κ1) is 18.6. The standard InChI is InChI=1S/C20H20N8OS/c1-12-9-17(26-20-23-11-13(2)30-20)25-19(24-12)28-8-3-5-15(28)16-10-14(27-29-16)18-21-6-4-7-22-18/h4,6-7,9-11,15H,3,5,8H2,1-2H3,(H,23,24,25,26)/t15-/m0/s1. The summed E-state index contributed by atoms with van der Waals surface area (Å²) in [5.41, 5.74) is 1.52. The Morgan fingerprint density at radius 1 is 1.13 bits per heavy atom. The van der Waals surface area contributed by atoms with E-state index in [2.05, 4.69) is 35.3 Å². The van der Waals surface area contributed by atoms with Crippen LogP contribution in [0.5, 0.6) is 0 Å². The smallest absolute Gasteiger partial charge is 0.228 e. The highest BCUT2D eigenvalue weighted by Crippen LogP contribution is 2.36. The van der Waals surface area contributed by atoms with Gasteiger partial charge in [-0.1, -0.05) is 5.16 Å². The van der Waals surface area contributed by atoms with Crippen LogP contribution in [0.1, 0.15) is 35.2 Å². The van der Waals surface area contributed by atoms with E-state index in [9.17, 15) is 0 Å². The fourth-order valence-electron chi connectivity index (χ4n) is 3.55.